The van der Waals surface area contributed by atoms with Crippen LogP contribution in [0.4, 0.5) is 0 Å². The van der Waals surface area contributed by atoms with Crippen LogP contribution in [0.5, 0.6) is 5.75 Å². The molecule has 0 aromatic heterocycles. The van der Waals surface area contributed by atoms with Gasteiger partial charge in [-0.25, -0.2) is 0 Å². The highest BCUT2D eigenvalue weighted by Crippen LogP contribution is 2.23. The van der Waals surface area contributed by atoms with Gasteiger partial charge in [0.15, 0.2) is 0 Å². The second kappa shape index (κ2) is 10.7. The molecule has 0 N–H and O–H groups in total. The lowest BCUT2D eigenvalue weighted by Crippen LogP contribution is -2.32. The maximum absolute atomic E-state index is 13.3. The Hall–Kier alpha value is -2.20. The summed E-state index contributed by atoms with van der Waals surface area (Å²) < 4.78 is 5.50. The first-order chi connectivity index (χ1) is 14.5. The van der Waals surface area contributed by atoms with Crippen LogP contribution in [0.3, 0.4) is 0 Å². The molecular weight excluding hydrogens is 441 g/mol. The summed E-state index contributed by atoms with van der Waals surface area (Å²) in [6, 6.07) is 20.2. The third-order valence-electron chi connectivity index (χ3n) is 4.67. The minimum absolute atomic E-state index is 0.125. The van der Waals surface area contributed by atoms with E-state index in [4.69, 9.17) is 39.5 Å². The molecule has 0 saturated heterocycles. The van der Waals surface area contributed by atoms with Crippen molar-refractivity contribution in [1.29, 1.82) is 0 Å². The predicted molar refractivity (Wildman–Crippen MR) is 124 cm³/mol. The lowest BCUT2D eigenvalue weighted by atomic mass is 10.1. The molecule has 156 valence electrons. The molecule has 3 aromatic carbocycles. The van der Waals surface area contributed by atoms with E-state index in [1.54, 1.807) is 29.2 Å². The fourth-order valence-corrected chi connectivity index (χ4v) is 3.83. The smallest absolute Gasteiger partial charge is 0.255 e. The summed E-state index contributed by atoms with van der Waals surface area (Å²) in [6.07, 6.45) is 0.600. The number of rotatable bonds is 8. The van der Waals surface area contributed by atoms with Crippen LogP contribution in [0, 0.1) is 0 Å². The van der Waals surface area contributed by atoms with Gasteiger partial charge < -0.3 is 9.64 Å². The van der Waals surface area contributed by atoms with Crippen molar-refractivity contribution in [2.45, 2.75) is 19.9 Å². The molecule has 0 aliphatic carbocycles. The van der Waals surface area contributed by atoms with Crippen molar-refractivity contribution in [3.05, 3.63) is 98.5 Å². The Morgan fingerprint density at radius 1 is 0.933 bits per heavy atom. The molecule has 1 amide bonds. The maximum Gasteiger partial charge on any atom is 0.255 e. The fourth-order valence-electron chi connectivity index (χ4n) is 3.12. The van der Waals surface area contributed by atoms with Crippen LogP contribution in [-0.2, 0) is 13.0 Å². The van der Waals surface area contributed by atoms with E-state index in [2.05, 4.69) is 0 Å². The van der Waals surface area contributed by atoms with Gasteiger partial charge in [0.1, 0.15) is 5.75 Å². The Kier molecular flexibility index (Phi) is 8.03. The zero-order chi connectivity index (χ0) is 21.5. The molecule has 0 spiro atoms. The van der Waals surface area contributed by atoms with Crippen LogP contribution in [0.15, 0.2) is 66.7 Å². The van der Waals surface area contributed by atoms with Gasteiger partial charge >= 0.3 is 0 Å². The predicted octanol–water partition coefficient (Wildman–Crippen LogP) is 6.93. The van der Waals surface area contributed by atoms with Crippen LogP contribution in [-0.4, -0.2) is 24.0 Å². The molecule has 3 aromatic rings. The Balaban J connectivity index is 1.82. The van der Waals surface area contributed by atoms with E-state index in [-0.39, 0.29) is 5.91 Å². The summed E-state index contributed by atoms with van der Waals surface area (Å²) in [4.78, 5) is 15.0. The molecule has 0 aliphatic heterocycles. The normalized spacial score (nSPS) is 10.7. The third kappa shape index (κ3) is 5.91. The number of hydrogen-bond donors (Lipinski definition) is 0. The van der Waals surface area contributed by atoms with Gasteiger partial charge in [0.2, 0.25) is 0 Å². The number of carbonyl (C=O) groups is 1. The molecule has 6 heteroatoms. The first kappa shape index (κ1) is 22.5. The zero-order valence-corrected chi connectivity index (χ0v) is 18.8. The Morgan fingerprint density at radius 3 is 2.33 bits per heavy atom. The molecule has 0 radical (unpaired) electrons. The van der Waals surface area contributed by atoms with Gasteiger partial charge in [0.25, 0.3) is 5.91 Å². The highest BCUT2D eigenvalue weighted by Gasteiger charge is 2.19. The number of benzene rings is 3. The van der Waals surface area contributed by atoms with E-state index < -0.39 is 0 Å². The minimum atomic E-state index is -0.125. The van der Waals surface area contributed by atoms with Crippen molar-refractivity contribution in [2.75, 3.05) is 13.2 Å². The van der Waals surface area contributed by atoms with Gasteiger partial charge in [0, 0.05) is 23.1 Å². The number of amides is 1. The SMILES string of the molecule is CCOc1ccc(CN(CCc2ccc(Cl)cc2Cl)C(=O)c2ccccc2Cl)cc1. The molecule has 30 heavy (non-hydrogen) atoms. The van der Waals surface area contributed by atoms with E-state index in [0.29, 0.717) is 46.7 Å². The van der Waals surface area contributed by atoms with Gasteiger partial charge in [0.05, 0.1) is 17.2 Å². The molecule has 0 fully saturated rings. The van der Waals surface area contributed by atoms with Crippen molar-refractivity contribution in [1.82, 2.24) is 4.90 Å². The molecule has 3 nitrogen and oxygen atoms in total. The molecule has 0 heterocycles. The van der Waals surface area contributed by atoms with Crippen LogP contribution in [0.2, 0.25) is 15.1 Å². The Bertz CT molecular complexity index is 1010. The topological polar surface area (TPSA) is 29.5 Å². The summed E-state index contributed by atoms with van der Waals surface area (Å²) in [6.45, 7) is 3.48. The zero-order valence-electron chi connectivity index (χ0n) is 16.6. The number of ether oxygens (including phenoxy) is 1. The van der Waals surface area contributed by atoms with E-state index in [1.807, 2.05) is 49.4 Å². The monoisotopic (exact) mass is 461 g/mol. The lowest BCUT2D eigenvalue weighted by molar-refractivity contribution is 0.0745. The second-order valence-electron chi connectivity index (χ2n) is 6.77. The Labute approximate surface area is 192 Å². The van der Waals surface area contributed by atoms with E-state index in [0.717, 1.165) is 16.9 Å². The average molecular weight is 463 g/mol. The number of carbonyl (C=O) groups excluding carboxylic acids is 1. The standard InChI is InChI=1S/C24H22Cl3NO2/c1-2-30-20-11-7-17(8-12-20)16-28(24(29)21-5-3-4-6-22(21)26)14-13-18-9-10-19(25)15-23(18)27/h3-12,15H,2,13-14,16H2,1H3. The van der Waals surface area contributed by atoms with Crippen LogP contribution in [0.1, 0.15) is 28.4 Å². The number of hydrogen-bond acceptors (Lipinski definition) is 2. The van der Waals surface area contributed by atoms with Gasteiger partial charge in [-0.3, -0.25) is 4.79 Å². The van der Waals surface area contributed by atoms with Gasteiger partial charge in [-0.1, -0.05) is 65.1 Å². The third-order valence-corrected chi connectivity index (χ3v) is 5.58. The molecule has 0 unspecified atom stereocenters. The fraction of sp³-hybridized carbons (Fsp3) is 0.208. The molecule has 0 atom stereocenters. The van der Waals surface area contributed by atoms with E-state index in [1.165, 1.54) is 0 Å². The van der Waals surface area contributed by atoms with Gasteiger partial charge in [-0.05, 0) is 60.9 Å². The summed E-state index contributed by atoms with van der Waals surface area (Å²) in [5.74, 6) is 0.678. The van der Waals surface area contributed by atoms with Crippen LogP contribution < -0.4 is 4.74 Å². The molecule has 3 rings (SSSR count). The van der Waals surface area contributed by atoms with Crippen LogP contribution >= 0.6 is 34.8 Å². The van der Waals surface area contributed by atoms with Gasteiger partial charge in [-0.15, -0.1) is 0 Å². The number of nitrogens with zero attached hydrogens (tertiary/aromatic N) is 1. The lowest BCUT2D eigenvalue weighted by Gasteiger charge is -2.24. The summed E-state index contributed by atoms with van der Waals surface area (Å²) >= 11 is 18.6. The highest BCUT2D eigenvalue weighted by molar-refractivity contribution is 6.35. The second-order valence-corrected chi connectivity index (χ2v) is 8.02. The summed E-state index contributed by atoms with van der Waals surface area (Å²) in [7, 11) is 0. The molecule has 0 bridgehead atoms. The van der Waals surface area contributed by atoms with E-state index >= 15 is 0 Å². The number of halogens is 3. The van der Waals surface area contributed by atoms with Crippen molar-refractivity contribution in [2.24, 2.45) is 0 Å². The summed E-state index contributed by atoms with van der Waals surface area (Å²) in [5, 5.41) is 1.61. The average Bonchev–Trinajstić information content (AvgIpc) is 2.73. The minimum Gasteiger partial charge on any atom is -0.494 e. The largest absolute Gasteiger partial charge is 0.494 e. The van der Waals surface area contributed by atoms with E-state index in [9.17, 15) is 4.79 Å². The van der Waals surface area contributed by atoms with Crippen molar-refractivity contribution in [3.63, 3.8) is 0 Å². The maximum atomic E-state index is 13.3. The quantitative estimate of drug-likeness (QED) is 0.363. The first-order valence-electron chi connectivity index (χ1n) is 9.67. The molecular formula is C24H22Cl3NO2. The highest BCUT2D eigenvalue weighted by atomic mass is 35.5. The van der Waals surface area contributed by atoms with Crippen molar-refractivity contribution in [3.8, 4) is 5.75 Å². The van der Waals surface area contributed by atoms with Crippen molar-refractivity contribution < 1.29 is 9.53 Å². The molecule has 0 saturated carbocycles. The van der Waals surface area contributed by atoms with Crippen LogP contribution in [0.25, 0.3) is 0 Å². The van der Waals surface area contributed by atoms with Gasteiger partial charge in [-0.2, -0.15) is 0 Å². The summed E-state index contributed by atoms with van der Waals surface area (Å²) in [5.41, 5.74) is 2.41. The Morgan fingerprint density at radius 2 is 1.67 bits per heavy atom. The van der Waals surface area contributed by atoms with Crippen molar-refractivity contribution >= 4 is 40.7 Å². The first-order valence-corrected chi connectivity index (χ1v) is 10.8. The molecule has 0 aliphatic rings.